The van der Waals surface area contributed by atoms with Gasteiger partial charge in [0.15, 0.2) is 0 Å². The number of nitrogens with one attached hydrogen (secondary N) is 2. The van der Waals surface area contributed by atoms with Crippen molar-refractivity contribution in [2.24, 2.45) is 11.1 Å². The van der Waals surface area contributed by atoms with Crippen molar-refractivity contribution in [3.8, 4) is 0 Å². The Morgan fingerprint density at radius 2 is 1.68 bits per heavy atom. The van der Waals surface area contributed by atoms with Crippen LogP contribution in [0.5, 0.6) is 0 Å². The monoisotopic (exact) mass is 535 g/mol. The van der Waals surface area contributed by atoms with Crippen LogP contribution in [0.25, 0.3) is 0 Å². The van der Waals surface area contributed by atoms with Gasteiger partial charge in [0, 0.05) is 49.4 Å². The lowest BCUT2D eigenvalue weighted by molar-refractivity contribution is -0.118. The summed E-state index contributed by atoms with van der Waals surface area (Å²) in [7, 11) is -3.86. The number of likely N-dealkylation sites (tertiary alicyclic amines) is 1. The van der Waals surface area contributed by atoms with Gasteiger partial charge in [0.1, 0.15) is 6.04 Å². The molecule has 0 saturated carbocycles. The Balaban J connectivity index is 1.32. The standard InChI is InChI=1S/C27H29N5O5S/c28-38(36,37)22-11-9-21(10-12-22)29-26(34)23(14-18-5-2-1-3-6-18)30-27(35)31-15-19-13-20(17-31)24-7-4-8-25(33)32(24)16-19/h1-12,19-20,23H,13-17H2,(H,29,34)(H,30,35)(H2,28,36,37)/t19-,20+,23+/m1/s1. The number of benzene rings is 2. The van der Waals surface area contributed by atoms with Crippen molar-refractivity contribution < 1.29 is 18.0 Å². The zero-order chi connectivity index (χ0) is 26.9. The summed E-state index contributed by atoms with van der Waals surface area (Å²) in [6.45, 7) is 1.52. The molecule has 1 aromatic heterocycles. The van der Waals surface area contributed by atoms with Gasteiger partial charge in [-0.05, 0) is 48.2 Å². The molecule has 3 amide bonds. The maximum Gasteiger partial charge on any atom is 0.318 e. The van der Waals surface area contributed by atoms with Crippen LogP contribution in [-0.4, -0.2) is 49.0 Å². The van der Waals surface area contributed by atoms with Crippen molar-refractivity contribution in [3.63, 3.8) is 0 Å². The predicted molar refractivity (Wildman–Crippen MR) is 142 cm³/mol. The van der Waals surface area contributed by atoms with E-state index in [2.05, 4.69) is 10.6 Å². The van der Waals surface area contributed by atoms with E-state index in [4.69, 9.17) is 5.14 Å². The molecule has 1 fully saturated rings. The van der Waals surface area contributed by atoms with Gasteiger partial charge in [0.25, 0.3) is 5.56 Å². The Hall–Kier alpha value is -3.96. The molecule has 0 radical (unpaired) electrons. The van der Waals surface area contributed by atoms with E-state index in [-0.39, 0.29) is 34.7 Å². The van der Waals surface area contributed by atoms with E-state index < -0.39 is 22.0 Å². The third-order valence-electron chi connectivity index (χ3n) is 7.11. The predicted octanol–water partition coefficient (Wildman–Crippen LogP) is 1.87. The third-order valence-corrected chi connectivity index (χ3v) is 8.04. The lowest BCUT2D eigenvalue weighted by atomic mass is 9.83. The van der Waals surface area contributed by atoms with Gasteiger partial charge < -0.3 is 20.1 Å². The molecule has 2 bridgehead atoms. The smallest absolute Gasteiger partial charge is 0.318 e. The molecule has 2 aliphatic rings. The van der Waals surface area contributed by atoms with Crippen molar-refractivity contribution in [3.05, 3.63) is 94.4 Å². The molecule has 3 atom stereocenters. The molecular weight excluding hydrogens is 506 g/mol. The third kappa shape index (κ3) is 5.63. The average molecular weight is 536 g/mol. The quantitative estimate of drug-likeness (QED) is 0.442. The number of primary sulfonamides is 1. The van der Waals surface area contributed by atoms with Crippen molar-refractivity contribution in [1.29, 1.82) is 0 Å². The average Bonchev–Trinajstić information content (AvgIpc) is 2.89. The summed E-state index contributed by atoms with van der Waals surface area (Å²) in [5.41, 5.74) is 2.17. The molecule has 0 aliphatic carbocycles. The van der Waals surface area contributed by atoms with Gasteiger partial charge in [-0.25, -0.2) is 18.4 Å². The van der Waals surface area contributed by atoms with E-state index in [9.17, 15) is 22.8 Å². The van der Waals surface area contributed by atoms with Gasteiger partial charge in [-0.2, -0.15) is 0 Å². The number of rotatable bonds is 6. The topological polar surface area (TPSA) is 144 Å². The zero-order valence-corrected chi connectivity index (χ0v) is 21.4. The number of sulfonamides is 1. The molecule has 38 heavy (non-hydrogen) atoms. The minimum absolute atomic E-state index is 0.0215. The summed E-state index contributed by atoms with van der Waals surface area (Å²) in [5, 5.41) is 10.8. The number of hydrogen-bond donors (Lipinski definition) is 3. The second-order valence-corrected chi connectivity index (χ2v) is 11.4. The lowest BCUT2D eigenvalue weighted by Gasteiger charge is -2.43. The number of carbonyl (C=O) groups excluding carboxylic acids is 2. The summed E-state index contributed by atoms with van der Waals surface area (Å²) in [4.78, 5) is 40.7. The van der Waals surface area contributed by atoms with Crippen LogP contribution in [0.3, 0.4) is 0 Å². The fourth-order valence-electron chi connectivity index (χ4n) is 5.32. The molecule has 0 spiro atoms. The summed E-state index contributed by atoms with van der Waals surface area (Å²) < 4.78 is 24.9. The van der Waals surface area contributed by atoms with Gasteiger partial charge in [-0.15, -0.1) is 0 Å². The molecule has 198 valence electrons. The van der Waals surface area contributed by atoms with Gasteiger partial charge in [0.2, 0.25) is 15.9 Å². The van der Waals surface area contributed by atoms with Crippen LogP contribution in [0.1, 0.15) is 23.6 Å². The highest BCUT2D eigenvalue weighted by atomic mass is 32.2. The minimum atomic E-state index is -3.86. The van der Waals surface area contributed by atoms with Gasteiger partial charge in [-0.3, -0.25) is 9.59 Å². The van der Waals surface area contributed by atoms with Gasteiger partial charge in [0.05, 0.1) is 4.90 Å². The van der Waals surface area contributed by atoms with Crippen molar-refractivity contribution in [2.75, 3.05) is 18.4 Å². The van der Waals surface area contributed by atoms with Crippen molar-refractivity contribution in [2.45, 2.75) is 36.2 Å². The Kier molecular flexibility index (Phi) is 7.04. The maximum absolute atomic E-state index is 13.4. The SMILES string of the molecule is NS(=O)(=O)c1ccc(NC(=O)[C@H](Cc2ccccc2)NC(=O)N2C[C@H]3C[C@@H](C2)c2cccc(=O)n2C3)cc1. The van der Waals surface area contributed by atoms with E-state index in [1.54, 1.807) is 21.6 Å². The molecule has 4 N–H and O–H groups in total. The molecule has 0 unspecified atom stereocenters. The second kappa shape index (κ2) is 10.4. The van der Waals surface area contributed by atoms with E-state index in [0.717, 1.165) is 17.7 Å². The van der Waals surface area contributed by atoms with E-state index in [1.165, 1.54) is 24.3 Å². The fraction of sp³-hybridized carbons (Fsp3) is 0.296. The number of anilines is 1. The number of nitrogens with two attached hydrogens (primary N) is 1. The molecule has 1 saturated heterocycles. The number of aromatic nitrogens is 1. The van der Waals surface area contributed by atoms with Crippen LogP contribution in [-0.2, 0) is 27.8 Å². The fourth-order valence-corrected chi connectivity index (χ4v) is 5.83. The number of hydrogen-bond acceptors (Lipinski definition) is 5. The number of amides is 3. The summed E-state index contributed by atoms with van der Waals surface area (Å²) in [6, 6.07) is 18.9. The van der Waals surface area contributed by atoms with Crippen molar-refractivity contribution in [1.82, 2.24) is 14.8 Å². The maximum atomic E-state index is 13.4. The number of fused-ring (bicyclic) bond motifs is 4. The van der Waals surface area contributed by atoms with Crippen LogP contribution < -0.4 is 21.3 Å². The number of piperidine rings is 1. The Morgan fingerprint density at radius 1 is 0.947 bits per heavy atom. The first-order chi connectivity index (χ1) is 18.2. The van der Waals surface area contributed by atoms with Gasteiger partial charge in [-0.1, -0.05) is 36.4 Å². The Labute approximate surface area is 220 Å². The number of nitrogens with zero attached hydrogens (tertiary/aromatic N) is 2. The first-order valence-electron chi connectivity index (χ1n) is 12.4. The highest BCUT2D eigenvalue weighted by Gasteiger charge is 2.37. The largest absolute Gasteiger partial charge is 0.326 e. The highest BCUT2D eigenvalue weighted by molar-refractivity contribution is 7.89. The number of urea groups is 1. The molecular formula is C27H29N5O5S. The lowest BCUT2D eigenvalue weighted by Crippen LogP contribution is -2.55. The molecule has 2 aromatic carbocycles. The van der Waals surface area contributed by atoms with Crippen LogP contribution in [0.15, 0.2) is 82.5 Å². The first kappa shape index (κ1) is 25.7. The van der Waals surface area contributed by atoms with E-state index >= 15 is 0 Å². The second-order valence-electron chi connectivity index (χ2n) is 9.85. The Morgan fingerprint density at radius 3 is 2.39 bits per heavy atom. The van der Waals surface area contributed by atoms with Crippen LogP contribution in [0, 0.1) is 5.92 Å². The minimum Gasteiger partial charge on any atom is -0.326 e. The van der Waals surface area contributed by atoms with Crippen LogP contribution in [0.2, 0.25) is 0 Å². The summed E-state index contributed by atoms with van der Waals surface area (Å²) in [5.74, 6) is -0.216. The van der Waals surface area contributed by atoms with Crippen LogP contribution >= 0.6 is 0 Å². The van der Waals surface area contributed by atoms with Crippen molar-refractivity contribution >= 4 is 27.6 Å². The Bertz CT molecular complexity index is 1500. The van der Waals surface area contributed by atoms with E-state index in [0.29, 0.717) is 25.3 Å². The molecule has 10 nitrogen and oxygen atoms in total. The zero-order valence-electron chi connectivity index (χ0n) is 20.6. The molecule has 5 rings (SSSR count). The number of pyridine rings is 1. The van der Waals surface area contributed by atoms with E-state index in [1.807, 2.05) is 36.4 Å². The van der Waals surface area contributed by atoms with Crippen LogP contribution in [0.4, 0.5) is 10.5 Å². The summed E-state index contributed by atoms with van der Waals surface area (Å²) in [6.07, 6.45) is 1.18. The number of carbonyl (C=O) groups is 2. The first-order valence-corrected chi connectivity index (χ1v) is 13.9. The molecule has 3 aromatic rings. The summed E-state index contributed by atoms with van der Waals surface area (Å²) >= 11 is 0. The normalized spacial score (nSPS) is 19.2. The molecule has 11 heteroatoms. The molecule has 2 aliphatic heterocycles. The van der Waals surface area contributed by atoms with Gasteiger partial charge >= 0.3 is 6.03 Å². The highest BCUT2D eigenvalue weighted by Crippen LogP contribution is 2.35. The molecule has 3 heterocycles.